The van der Waals surface area contributed by atoms with Gasteiger partial charge in [0.2, 0.25) is 0 Å². The molecule has 11 rings (SSSR count). The first kappa shape index (κ1) is 32.5. The minimum absolute atomic E-state index is 0.822. The zero-order valence-corrected chi connectivity index (χ0v) is 30.5. The van der Waals surface area contributed by atoms with Crippen molar-refractivity contribution < 1.29 is 0 Å². The van der Waals surface area contributed by atoms with Crippen molar-refractivity contribution in [2.45, 2.75) is 0 Å². The minimum atomic E-state index is 0.822. The highest BCUT2D eigenvalue weighted by atomic mass is 15.1. The Morgan fingerprint density at radius 1 is 0.386 bits per heavy atom. The van der Waals surface area contributed by atoms with E-state index in [2.05, 4.69) is 124 Å². The molecule has 0 fully saturated rings. The fourth-order valence-electron chi connectivity index (χ4n) is 7.91. The molecule has 11 aromatic rings. The van der Waals surface area contributed by atoms with Crippen LogP contribution in [0.2, 0.25) is 0 Å². The lowest BCUT2D eigenvalue weighted by molar-refractivity contribution is 1.08. The van der Waals surface area contributed by atoms with Crippen molar-refractivity contribution in [1.82, 2.24) is 34.5 Å². The molecule has 0 aliphatic heterocycles. The fourth-order valence-corrected chi connectivity index (χ4v) is 7.91. The van der Waals surface area contributed by atoms with Gasteiger partial charge in [-0.05, 0) is 72.1 Å². The molecule has 7 nitrogen and oxygen atoms in total. The van der Waals surface area contributed by atoms with Crippen molar-refractivity contribution in [3.05, 3.63) is 189 Å². The summed E-state index contributed by atoms with van der Waals surface area (Å²) in [5, 5.41) is 5.54. The lowest BCUT2D eigenvalue weighted by atomic mass is 9.96. The Bertz CT molecular complexity index is 3250. The maximum absolute atomic E-state index is 5.11. The van der Waals surface area contributed by atoms with Gasteiger partial charge >= 0.3 is 0 Å². The van der Waals surface area contributed by atoms with Gasteiger partial charge in [0.05, 0.1) is 33.6 Å². The third-order valence-electron chi connectivity index (χ3n) is 10.7. The number of aromatic nitrogens is 7. The summed E-state index contributed by atoms with van der Waals surface area (Å²) in [5.74, 6) is 0.822. The minimum Gasteiger partial charge on any atom is -0.293 e. The average molecular weight is 730 g/mol. The largest absolute Gasteiger partial charge is 0.293 e. The summed E-state index contributed by atoms with van der Waals surface area (Å²) >= 11 is 0. The van der Waals surface area contributed by atoms with E-state index in [0.717, 1.165) is 105 Å². The van der Waals surface area contributed by atoms with Crippen LogP contribution >= 0.6 is 0 Å². The van der Waals surface area contributed by atoms with Crippen LogP contribution in [0, 0.1) is 0 Å². The number of para-hydroxylation sites is 1. The highest BCUT2D eigenvalue weighted by Gasteiger charge is 2.20. The van der Waals surface area contributed by atoms with Crippen LogP contribution < -0.4 is 0 Å². The molecule has 0 amide bonds. The molecule has 0 saturated carbocycles. The molecule has 0 radical (unpaired) electrons. The first-order valence-electron chi connectivity index (χ1n) is 18.8. The number of pyridine rings is 6. The standard InChI is InChI=1S/C50H31N7/c1-4-12-45-32(7-1)13-19-46(56-45)38-17-22-49(55-31-38)57-48-21-16-33(44-18-14-36(29-53-44)34-8-5-23-51-27-34)25-42(48)43-26-41(39-10-2-3-11-40(39)50(43)57)47-20-15-37(30-54-47)35-9-6-24-52-28-35/h1-31H. The quantitative estimate of drug-likeness (QED) is 0.169. The predicted molar refractivity (Wildman–Crippen MR) is 230 cm³/mol. The summed E-state index contributed by atoms with van der Waals surface area (Å²) in [6, 6.07) is 50.4. The Labute approximate surface area is 327 Å². The second kappa shape index (κ2) is 13.4. The van der Waals surface area contributed by atoms with Gasteiger partial charge in [-0.15, -0.1) is 0 Å². The van der Waals surface area contributed by atoms with Gasteiger partial charge in [-0.1, -0.05) is 78.9 Å². The Kier molecular flexibility index (Phi) is 7.67. The van der Waals surface area contributed by atoms with Crippen molar-refractivity contribution in [1.29, 1.82) is 0 Å². The number of nitrogens with zero attached hydrogens (tertiary/aromatic N) is 7. The third kappa shape index (κ3) is 5.68. The van der Waals surface area contributed by atoms with E-state index >= 15 is 0 Å². The van der Waals surface area contributed by atoms with E-state index < -0.39 is 0 Å². The number of hydrogen-bond donors (Lipinski definition) is 0. The van der Waals surface area contributed by atoms with Gasteiger partial charge in [0.1, 0.15) is 5.82 Å². The Morgan fingerprint density at radius 2 is 1.04 bits per heavy atom. The van der Waals surface area contributed by atoms with Crippen LogP contribution in [0.3, 0.4) is 0 Å². The summed E-state index contributed by atoms with van der Waals surface area (Å²) in [6.07, 6.45) is 13.1. The molecule has 7 heterocycles. The molecular weight excluding hydrogens is 699 g/mol. The number of benzene rings is 4. The van der Waals surface area contributed by atoms with E-state index in [-0.39, 0.29) is 0 Å². The van der Waals surface area contributed by atoms with Crippen LogP contribution in [0.1, 0.15) is 0 Å². The average Bonchev–Trinajstić information content (AvgIpc) is 3.63. The Morgan fingerprint density at radius 3 is 1.74 bits per heavy atom. The zero-order valence-electron chi connectivity index (χ0n) is 30.5. The molecule has 266 valence electrons. The smallest absolute Gasteiger partial charge is 0.137 e. The summed E-state index contributed by atoms with van der Waals surface area (Å²) in [4.78, 5) is 28.6. The maximum Gasteiger partial charge on any atom is 0.137 e. The van der Waals surface area contributed by atoms with Gasteiger partial charge < -0.3 is 0 Å². The summed E-state index contributed by atoms with van der Waals surface area (Å²) in [6.45, 7) is 0. The van der Waals surface area contributed by atoms with E-state index in [4.69, 9.17) is 19.9 Å². The third-order valence-corrected chi connectivity index (χ3v) is 10.7. The first-order valence-corrected chi connectivity index (χ1v) is 18.8. The van der Waals surface area contributed by atoms with Gasteiger partial charge in [0.25, 0.3) is 0 Å². The molecule has 7 aromatic heterocycles. The van der Waals surface area contributed by atoms with Gasteiger partial charge in [-0.3, -0.25) is 24.5 Å². The molecule has 0 saturated heterocycles. The van der Waals surface area contributed by atoms with Crippen molar-refractivity contribution in [2.75, 3.05) is 0 Å². The Hall–Kier alpha value is -7.90. The summed E-state index contributed by atoms with van der Waals surface area (Å²) in [5.41, 5.74) is 12.9. The van der Waals surface area contributed by atoms with Crippen LogP contribution in [-0.2, 0) is 0 Å². The first-order chi connectivity index (χ1) is 28.2. The fraction of sp³-hybridized carbons (Fsp3) is 0. The van der Waals surface area contributed by atoms with E-state index in [9.17, 15) is 0 Å². The molecule has 0 unspecified atom stereocenters. The van der Waals surface area contributed by atoms with Crippen LogP contribution in [0.25, 0.3) is 105 Å². The molecule has 0 bridgehead atoms. The monoisotopic (exact) mass is 729 g/mol. The molecule has 0 spiro atoms. The topological polar surface area (TPSA) is 82.3 Å². The molecule has 57 heavy (non-hydrogen) atoms. The highest BCUT2D eigenvalue weighted by Crippen LogP contribution is 2.42. The van der Waals surface area contributed by atoms with Gasteiger partial charge in [-0.25, -0.2) is 9.97 Å². The summed E-state index contributed by atoms with van der Waals surface area (Å²) < 4.78 is 2.29. The SMILES string of the molecule is c1cncc(-c2ccc(-c3ccc4c(c3)c3cc(-c5ccc(-c6cccnc6)cn5)c5ccccc5c3n4-c3ccc(-c4ccc5ccccc5n4)cn3)nc2)c1. The molecular formula is C50H31N7. The Balaban J connectivity index is 1.10. The van der Waals surface area contributed by atoms with Crippen LogP contribution in [0.15, 0.2) is 189 Å². The van der Waals surface area contributed by atoms with Crippen LogP contribution in [0.4, 0.5) is 0 Å². The van der Waals surface area contributed by atoms with E-state index in [1.807, 2.05) is 67.4 Å². The molecule has 0 atom stereocenters. The van der Waals surface area contributed by atoms with Crippen molar-refractivity contribution in [3.63, 3.8) is 0 Å². The molecule has 4 aromatic carbocycles. The van der Waals surface area contributed by atoms with Crippen molar-refractivity contribution in [3.8, 4) is 61.8 Å². The van der Waals surface area contributed by atoms with Gasteiger partial charge in [0.15, 0.2) is 0 Å². The van der Waals surface area contributed by atoms with E-state index in [1.165, 1.54) is 0 Å². The molecule has 0 aliphatic carbocycles. The van der Waals surface area contributed by atoms with Crippen LogP contribution in [0.5, 0.6) is 0 Å². The van der Waals surface area contributed by atoms with E-state index in [0.29, 0.717) is 0 Å². The zero-order chi connectivity index (χ0) is 37.7. The van der Waals surface area contributed by atoms with Crippen LogP contribution in [-0.4, -0.2) is 34.5 Å². The molecule has 7 heteroatoms. The lowest BCUT2D eigenvalue weighted by Crippen LogP contribution is -1.98. The second-order valence-corrected chi connectivity index (χ2v) is 14.1. The van der Waals surface area contributed by atoms with Crippen molar-refractivity contribution >= 4 is 43.5 Å². The van der Waals surface area contributed by atoms with Gasteiger partial charge in [0, 0.05) is 104 Å². The van der Waals surface area contributed by atoms with Gasteiger partial charge in [-0.2, -0.15) is 0 Å². The lowest BCUT2D eigenvalue weighted by Gasteiger charge is -2.13. The molecule has 0 N–H and O–H groups in total. The number of rotatable bonds is 6. The van der Waals surface area contributed by atoms with Crippen molar-refractivity contribution in [2.24, 2.45) is 0 Å². The second-order valence-electron chi connectivity index (χ2n) is 14.1. The number of fused-ring (bicyclic) bond motifs is 6. The van der Waals surface area contributed by atoms with E-state index in [1.54, 1.807) is 12.4 Å². The predicted octanol–water partition coefficient (Wildman–Crippen LogP) is 11.8. The maximum atomic E-state index is 5.11. The molecule has 0 aliphatic rings. The summed E-state index contributed by atoms with van der Waals surface area (Å²) in [7, 11) is 0. The highest BCUT2D eigenvalue weighted by molar-refractivity contribution is 6.22. The normalized spacial score (nSPS) is 11.5. The number of hydrogen-bond acceptors (Lipinski definition) is 6.